The molecule has 0 atom stereocenters. The molecule has 6 nitrogen and oxygen atoms in total. The molecule has 0 aliphatic carbocycles. The average Bonchev–Trinajstić information content (AvgIpc) is 2.96. The lowest BCUT2D eigenvalue weighted by atomic mass is 10.2. The number of fused-ring (bicyclic) bond motifs is 1. The summed E-state index contributed by atoms with van der Waals surface area (Å²) < 4.78 is 43.9. The van der Waals surface area contributed by atoms with E-state index in [0.29, 0.717) is 26.5 Å². The Morgan fingerprint density at radius 3 is 2.67 bits per heavy atom. The molecule has 3 rings (SSSR count). The van der Waals surface area contributed by atoms with Crippen LogP contribution in [0.2, 0.25) is 0 Å². The Morgan fingerprint density at radius 1 is 1.29 bits per heavy atom. The first-order chi connectivity index (χ1) is 9.90. The highest BCUT2D eigenvalue weighted by Gasteiger charge is 2.38. The van der Waals surface area contributed by atoms with Gasteiger partial charge in [0, 0.05) is 5.56 Å². The Hall–Kier alpha value is -2.36. The van der Waals surface area contributed by atoms with Crippen LogP contribution >= 0.6 is 11.3 Å². The van der Waals surface area contributed by atoms with Crippen LogP contribution in [0.5, 0.6) is 5.75 Å². The second-order valence-electron chi connectivity index (χ2n) is 4.08. The molecule has 0 aliphatic rings. The van der Waals surface area contributed by atoms with Crippen LogP contribution in [0.1, 0.15) is 5.82 Å². The number of ether oxygens (including phenoxy) is 1. The SMILES string of the molecule is COc1ccc(-c2nn3c(C(F)(F)F)nnc3s2)cc1N. The molecular weight excluding hydrogens is 307 g/mol. The zero-order valence-electron chi connectivity index (χ0n) is 10.5. The number of alkyl halides is 3. The van der Waals surface area contributed by atoms with Crippen LogP contribution in [0.3, 0.4) is 0 Å². The van der Waals surface area contributed by atoms with Gasteiger partial charge in [0.05, 0.1) is 12.8 Å². The summed E-state index contributed by atoms with van der Waals surface area (Å²) in [4.78, 5) is 0.0618. The second kappa shape index (κ2) is 4.58. The van der Waals surface area contributed by atoms with Crippen LogP contribution in [0, 0.1) is 0 Å². The lowest BCUT2D eigenvalue weighted by Crippen LogP contribution is -2.11. The maximum Gasteiger partial charge on any atom is 0.453 e. The number of methoxy groups -OCH3 is 1. The molecule has 2 N–H and O–H groups in total. The summed E-state index contributed by atoms with van der Waals surface area (Å²) in [5.41, 5.74) is 6.73. The highest BCUT2D eigenvalue weighted by atomic mass is 32.1. The maximum atomic E-state index is 12.7. The van der Waals surface area contributed by atoms with E-state index in [2.05, 4.69) is 15.3 Å². The van der Waals surface area contributed by atoms with Gasteiger partial charge in [-0.1, -0.05) is 11.3 Å². The molecule has 0 unspecified atom stereocenters. The van der Waals surface area contributed by atoms with Crippen molar-refractivity contribution < 1.29 is 17.9 Å². The molecule has 3 aromatic rings. The van der Waals surface area contributed by atoms with E-state index >= 15 is 0 Å². The van der Waals surface area contributed by atoms with E-state index in [0.717, 1.165) is 11.3 Å². The molecule has 0 saturated carbocycles. The predicted octanol–water partition coefficient (Wildman–Crippen LogP) is 2.46. The van der Waals surface area contributed by atoms with Crippen molar-refractivity contribution in [2.24, 2.45) is 0 Å². The van der Waals surface area contributed by atoms with Crippen LogP contribution < -0.4 is 10.5 Å². The molecule has 0 radical (unpaired) electrons. The first-order valence-corrected chi connectivity index (χ1v) is 6.45. The smallest absolute Gasteiger partial charge is 0.453 e. The van der Waals surface area contributed by atoms with E-state index in [-0.39, 0.29) is 4.96 Å². The zero-order valence-corrected chi connectivity index (χ0v) is 11.4. The van der Waals surface area contributed by atoms with Crippen LogP contribution in [-0.2, 0) is 6.18 Å². The number of nitrogens with zero attached hydrogens (tertiary/aromatic N) is 4. The molecule has 0 bridgehead atoms. The third kappa shape index (κ3) is 2.27. The molecule has 0 spiro atoms. The van der Waals surface area contributed by atoms with Crippen molar-refractivity contribution in [3.8, 4) is 16.3 Å². The zero-order chi connectivity index (χ0) is 15.2. The quantitative estimate of drug-likeness (QED) is 0.735. The summed E-state index contributed by atoms with van der Waals surface area (Å²) in [6, 6.07) is 4.86. The van der Waals surface area contributed by atoms with Gasteiger partial charge in [0.2, 0.25) is 4.96 Å². The molecule has 0 saturated heterocycles. The topological polar surface area (TPSA) is 78.3 Å². The summed E-state index contributed by atoms with van der Waals surface area (Å²) in [7, 11) is 1.48. The number of hydrogen-bond acceptors (Lipinski definition) is 6. The van der Waals surface area contributed by atoms with E-state index in [1.807, 2.05) is 0 Å². The van der Waals surface area contributed by atoms with E-state index < -0.39 is 12.0 Å². The lowest BCUT2D eigenvalue weighted by molar-refractivity contribution is -0.146. The molecule has 0 aliphatic heterocycles. The summed E-state index contributed by atoms with van der Waals surface area (Å²) in [6.07, 6.45) is -4.61. The Kier molecular flexibility index (Phi) is 2.97. The van der Waals surface area contributed by atoms with Gasteiger partial charge in [-0.2, -0.15) is 22.8 Å². The van der Waals surface area contributed by atoms with Crippen LogP contribution in [0.15, 0.2) is 18.2 Å². The first kappa shape index (κ1) is 13.6. The van der Waals surface area contributed by atoms with Crippen molar-refractivity contribution in [2.75, 3.05) is 12.8 Å². The average molecular weight is 315 g/mol. The fourth-order valence-corrected chi connectivity index (χ4v) is 2.61. The number of benzene rings is 1. The minimum absolute atomic E-state index is 0.0618. The minimum Gasteiger partial charge on any atom is -0.495 e. The Bertz CT molecular complexity index is 810. The maximum absolute atomic E-state index is 12.7. The Morgan fingerprint density at radius 2 is 2.05 bits per heavy atom. The third-order valence-electron chi connectivity index (χ3n) is 2.72. The van der Waals surface area contributed by atoms with Crippen molar-refractivity contribution in [3.63, 3.8) is 0 Å². The van der Waals surface area contributed by atoms with Crippen molar-refractivity contribution in [3.05, 3.63) is 24.0 Å². The first-order valence-electron chi connectivity index (χ1n) is 5.63. The minimum atomic E-state index is -4.61. The van der Waals surface area contributed by atoms with E-state index in [9.17, 15) is 13.2 Å². The van der Waals surface area contributed by atoms with Crippen LogP contribution in [0.25, 0.3) is 15.5 Å². The van der Waals surface area contributed by atoms with Gasteiger partial charge in [-0.25, -0.2) is 0 Å². The molecule has 110 valence electrons. The number of aromatic nitrogens is 4. The van der Waals surface area contributed by atoms with Crippen LogP contribution in [-0.4, -0.2) is 26.9 Å². The molecular formula is C11H8F3N5OS. The number of nitrogen functional groups attached to an aromatic ring is 1. The third-order valence-corrected chi connectivity index (χ3v) is 3.67. The van der Waals surface area contributed by atoms with Gasteiger partial charge in [-0.3, -0.25) is 0 Å². The van der Waals surface area contributed by atoms with Gasteiger partial charge >= 0.3 is 6.18 Å². The summed E-state index contributed by atoms with van der Waals surface area (Å²) in [5.74, 6) is -0.667. The van der Waals surface area contributed by atoms with Gasteiger partial charge in [0.15, 0.2) is 0 Å². The largest absolute Gasteiger partial charge is 0.495 e. The van der Waals surface area contributed by atoms with Gasteiger partial charge < -0.3 is 10.5 Å². The monoisotopic (exact) mass is 315 g/mol. The van der Waals surface area contributed by atoms with E-state index in [1.165, 1.54) is 7.11 Å². The van der Waals surface area contributed by atoms with E-state index in [1.54, 1.807) is 18.2 Å². The number of halogens is 3. The molecule has 21 heavy (non-hydrogen) atoms. The second-order valence-corrected chi connectivity index (χ2v) is 5.04. The van der Waals surface area contributed by atoms with Crippen LogP contribution in [0.4, 0.5) is 18.9 Å². The fourth-order valence-electron chi connectivity index (χ4n) is 1.78. The van der Waals surface area contributed by atoms with Gasteiger partial charge in [0.25, 0.3) is 5.82 Å². The summed E-state index contributed by atoms with van der Waals surface area (Å²) in [5, 5.41) is 10.8. The highest BCUT2D eigenvalue weighted by molar-refractivity contribution is 7.19. The summed E-state index contributed by atoms with van der Waals surface area (Å²) in [6.45, 7) is 0. The van der Waals surface area contributed by atoms with Crippen molar-refractivity contribution >= 4 is 22.0 Å². The predicted molar refractivity (Wildman–Crippen MR) is 70.1 cm³/mol. The molecule has 0 fully saturated rings. The van der Waals surface area contributed by atoms with Gasteiger partial charge in [-0.15, -0.1) is 10.2 Å². The Balaban J connectivity index is 2.09. The Labute approximate surface area is 120 Å². The normalized spacial score (nSPS) is 12.0. The number of anilines is 1. The fraction of sp³-hybridized carbons (Fsp3) is 0.182. The molecule has 2 aromatic heterocycles. The van der Waals surface area contributed by atoms with Crippen molar-refractivity contribution in [2.45, 2.75) is 6.18 Å². The molecule has 2 heterocycles. The number of hydrogen-bond donors (Lipinski definition) is 1. The number of rotatable bonds is 2. The molecule has 1 aromatic carbocycles. The molecule has 0 amide bonds. The van der Waals surface area contributed by atoms with E-state index in [4.69, 9.17) is 10.5 Å². The van der Waals surface area contributed by atoms with Gasteiger partial charge in [-0.05, 0) is 18.2 Å². The van der Waals surface area contributed by atoms with Gasteiger partial charge in [0.1, 0.15) is 10.8 Å². The van der Waals surface area contributed by atoms with Crippen molar-refractivity contribution in [1.82, 2.24) is 19.8 Å². The standard InChI is InChI=1S/C11H8F3N5OS/c1-20-7-3-2-5(4-6(7)15)8-18-19-9(11(12,13)14)16-17-10(19)21-8/h2-4H,15H2,1H3. The lowest BCUT2D eigenvalue weighted by Gasteiger charge is -2.05. The molecule has 10 heteroatoms. The number of nitrogens with two attached hydrogens (primary N) is 1. The van der Waals surface area contributed by atoms with Crippen molar-refractivity contribution in [1.29, 1.82) is 0 Å². The summed E-state index contributed by atoms with van der Waals surface area (Å²) >= 11 is 0.991. The highest BCUT2D eigenvalue weighted by Crippen LogP contribution is 2.33.